The molecular weight excluding hydrogens is 574 g/mol. The van der Waals surface area contributed by atoms with E-state index in [1.807, 2.05) is 113 Å². The molecule has 9 heteroatoms. The molecule has 0 aliphatic carbocycles. The van der Waals surface area contributed by atoms with Crippen LogP contribution in [-0.2, 0) is 0 Å². The van der Waals surface area contributed by atoms with Crippen LogP contribution in [0, 0.1) is 34.6 Å². The lowest BCUT2D eigenvalue weighted by molar-refractivity contribution is 0.482. The van der Waals surface area contributed by atoms with Crippen LogP contribution in [0.1, 0.15) is 27.8 Å². The van der Waals surface area contributed by atoms with Gasteiger partial charge in [-0.3, -0.25) is 0 Å². The fraction of sp³-hybridized carbons (Fsp3) is 0.135. The Morgan fingerprint density at radius 3 is 1.67 bits per heavy atom. The van der Waals surface area contributed by atoms with E-state index in [0.29, 0.717) is 39.2 Å². The summed E-state index contributed by atoms with van der Waals surface area (Å²) < 4.78 is 0. The molecule has 0 heterocycles. The Hall–Kier alpha value is -5.96. The van der Waals surface area contributed by atoms with Gasteiger partial charge in [-0.05, 0) is 116 Å². The van der Waals surface area contributed by atoms with Gasteiger partial charge in [0.25, 0.3) is 0 Å². The van der Waals surface area contributed by atoms with Crippen molar-refractivity contribution in [3.8, 4) is 11.5 Å². The highest BCUT2D eigenvalue weighted by atomic mass is 16.3. The van der Waals surface area contributed by atoms with E-state index in [1.165, 1.54) is 0 Å². The van der Waals surface area contributed by atoms with Gasteiger partial charge in [0, 0.05) is 5.39 Å². The Bertz CT molecular complexity index is 2250. The molecule has 6 rings (SSSR count). The van der Waals surface area contributed by atoms with E-state index in [4.69, 9.17) is 5.73 Å². The third-order valence-electron chi connectivity index (χ3n) is 8.07. The van der Waals surface area contributed by atoms with E-state index in [2.05, 4.69) is 30.7 Å². The molecule has 0 bridgehead atoms. The summed E-state index contributed by atoms with van der Waals surface area (Å²) >= 11 is 0. The maximum atomic E-state index is 11.4. The van der Waals surface area contributed by atoms with Crippen LogP contribution in [-0.4, -0.2) is 10.2 Å². The molecule has 9 nitrogen and oxygen atoms in total. The first-order valence-electron chi connectivity index (χ1n) is 14.8. The third kappa shape index (κ3) is 5.66. The zero-order chi connectivity index (χ0) is 32.5. The van der Waals surface area contributed by atoms with Crippen molar-refractivity contribution in [3.05, 3.63) is 113 Å². The lowest BCUT2D eigenvalue weighted by Gasteiger charge is -2.13. The summed E-state index contributed by atoms with van der Waals surface area (Å²) in [4.78, 5) is 0. The molecule has 4 N–H and O–H groups in total. The van der Waals surface area contributed by atoms with Crippen LogP contribution >= 0.6 is 0 Å². The van der Waals surface area contributed by atoms with E-state index in [-0.39, 0.29) is 17.2 Å². The summed E-state index contributed by atoms with van der Waals surface area (Å²) in [5.74, 6) is -0.0542. The number of rotatable bonds is 6. The van der Waals surface area contributed by atoms with Gasteiger partial charge < -0.3 is 15.9 Å². The molecule has 0 saturated carbocycles. The van der Waals surface area contributed by atoms with Gasteiger partial charge in [0.2, 0.25) is 0 Å². The van der Waals surface area contributed by atoms with Gasteiger partial charge >= 0.3 is 0 Å². The third-order valence-corrected chi connectivity index (χ3v) is 8.07. The van der Waals surface area contributed by atoms with Gasteiger partial charge in [0.05, 0.1) is 28.1 Å². The Morgan fingerprint density at radius 1 is 0.478 bits per heavy atom. The highest BCUT2D eigenvalue weighted by Gasteiger charge is 2.18. The molecule has 0 saturated heterocycles. The van der Waals surface area contributed by atoms with Gasteiger partial charge in [-0.15, -0.1) is 15.3 Å². The largest absolute Gasteiger partial charge is 0.505 e. The van der Waals surface area contributed by atoms with Crippen molar-refractivity contribution in [1.29, 1.82) is 0 Å². The van der Waals surface area contributed by atoms with Crippen LogP contribution in [0.25, 0.3) is 21.5 Å². The topological polar surface area (TPSA) is 141 Å². The van der Waals surface area contributed by atoms with E-state index in [1.54, 1.807) is 6.07 Å². The molecule has 0 fully saturated rings. The second kappa shape index (κ2) is 12.2. The Balaban J connectivity index is 1.37. The molecule has 0 spiro atoms. The zero-order valence-corrected chi connectivity index (χ0v) is 26.2. The normalized spacial score (nSPS) is 12.0. The molecule has 0 atom stereocenters. The average molecular weight is 608 g/mol. The summed E-state index contributed by atoms with van der Waals surface area (Å²) in [7, 11) is 0. The average Bonchev–Trinajstić information content (AvgIpc) is 3.03. The molecule has 46 heavy (non-hydrogen) atoms. The highest BCUT2D eigenvalue weighted by molar-refractivity contribution is 6.07. The van der Waals surface area contributed by atoms with Crippen molar-refractivity contribution in [1.82, 2.24) is 0 Å². The van der Waals surface area contributed by atoms with E-state index >= 15 is 0 Å². The Kier molecular flexibility index (Phi) is 7.98. The van der Waals surface area contributed by atoms with Gasteiger partial charge in [-0.25, -0.2) is 0 Å². The minimum atomic E-state index is -0.0663. The van der Waals surface area contributed by atoms with Crippen molar-refractivity contribution in [3.63, 3.8) is 0 Å². The molecule has 6 aromatic carbocycles. The van der Waals surface area contributed by atoms with Gasteiger partial charge in [0.1, 0.15) is 17.1 Å². The van der Waals surface area contributed by atoms with E-state index in [9.17, 15) is 10.2 Å². The van der Waals surface area contributed by atoms with Crippen LogP contribution in [0.15, 0.2) is 116 Å². The molecule has 0 radical (unpaired) electrons. The summed E-state index contributed by atoms with van der Waals surface area (Å²) in [5.41, 5.74) is 14.3. The predicted octanol–water partition coefficient (Wildman–Crippen LogP) is 11.8. The number of phenols is 2. The highest BCUT2D eigenvalue weighted by Crippen LogP contribution is 2.46. The minimum Gasteiger partial charge on any atom is -0.505 e. The fourth-order valence-corrected chi connectivity index (χ4v) is 5.42. The number of nitrogen functional groups attached to an aromatic ring is 1. The number of benzene rings is 6. The number of nitrogens with zero attached hydrogens (tertiary/aromatic N) is 6. The first-order valence-corrected chi connectivity index (χ1v) is 14.8. The van der Waals surface area contributed by atoms with Crippen molar-refractivity contribution < 1.29 is 10.2 Å². The second-order valence-electron chi connectivity index (χ2n) is 11.4. The lowest BCUT2D eigenvalue weighted by atomic mass is 9.98. The van der Waals surface area contributed by atoms with Gasteiger partial charge in [0.15, 0.2) is 11.5 Å². The molecular formula is C37H33N7O2. The smallest absolute Gasteiger partial charge is 0.153 e. The van der Waals surface area contributed by atoms with Crippen molar-refractivity contribution in [2.24, 2.45) is 30.7 Å². The maximum Gasteiger partial charge on any atom is 0.153 e. The molecule has 6 aromatic rings. The van der Waals surface area contributed by atoms with Gasteiger partial charge in [-0.2, -0.15) is 15.3 Å². The minimum absolute atomic E-state index is 0.0122. The predicted molar refractivity (Wildman–Crippen MR) is 185 cm³/mol. The van der Waals surface area contributed by atoms with Crippen LogP contribution in [0.3, 0.4) is 0 Å². The maximum absolute atomic E-state index is 11.4. The number of hydrogen-bond acceptors (Lipinski definition) is 9. The van der Waals surface area contributed by atoms with Crippen LogP contribution < -0.4 is 5.73 Å². The van der Waals surface area contributed by atoms with Crippen LogP contribution in [0.2, 0.25) is 0 Å². The van der Waals surface area contributed by atoms with Crippen molar-refractivity contribution >= 4 is 61.4 Å². The first kappa shape index (κ1) is 30.1. The SMILES string of the molecule is Cc1ccccc1N=Nc1c(C)cc2ccc(N=Nc3cc(C)c4cc(C)c(N=Nc5ccccc5C)c(O)c4c3N)cc2c1O. The number of aryl methyl sites for hydroxylation is 5. The second-order valence-corrected chi connectivity index (χ2v) is 11.4. The summed E-state index contributed by atoms with van der Waals surface area (Å²) in [6.45, 7) is 9.60. The van der Waals surface area contributed by atoms with E-state index in [0.717, 1.165) is 44.3 Å². The number of aromatic hydroxyl groups is 2. The number of anilines is 1. The Labute approximate surface area is 266 Å². The molecule has 0 aliphatic heterocycles. The molecule has 228 valence electrons. The van der Waals surface area contributed by atoms with Gasteiger partial charge in [-0.1, -0.05) is 42.5 Å². The lowest BCUT2D eigenvalue weighted by Crippen LogP contribution is -1.92. The Morgan fingerprint density at radius 2 is 1.04 bits per heavy atom. The summed E-state index contributed by atoms with van der Waals surface area (Å²) in [6, 6.07) is 26.5. The van der Waals surface area contributed by atoms with Crippen LogP contribution in [0.5, 0.6) is 11.5 Å². The summed E-state index contributed by atoms with van der Waals surface area (Å²) in [6.07, 6.45) is 0. The number of hydrogen-bond donors (Lipinski definition) is 3. The zero-order valence-electron chi connectivity index (χ0n) is 26.2. The summed E-state index contributed by atoms with van der Waals surface area (Å²) in [5, 5.41) is 51.6. The number of azo groups is 3. The fourth-order valence-electron chi connectivity index (χ4n) is 5.42. The molecule has 0 aromatic heterocycles. The standard InChI is InChI=1S/C37H33N7O2/c1-20-10-6-8-12-29(20)40-43-34-23(4)16-25-14-15-26(19-28(25)36(34)45)39-42-31-18-22(3)27-17-24(5)35(37(46)32(27)33(31)38)44-41-30-13-9-7-11-21(30)2/h6-19,45-46H,38H2,1-5H3. The first-order chi connectivity index (χ1) is 22.1. The molecule has 0 amide bonds. The number of nitrogens with two attached hydrogens (primary N) is 1. The van der Waals surface area contributed by atoms with Crippen molar-refractivity contribution in [2.75, 3.05) is 5.73 Å². The number of phenolic OH excluding ortho intramolecular Hbond substituents is 2. The van der Waals surface area contributed by atoms with Crippen molar-refractivity contribution in [2.45, 2.75) is 34.6 Å². The quantitative estimate of drug-likeness (QED) is 0.128. The molecule has 0 aliphatic rings. The van der Waals surface area contributed by atoms with E-state index < -0.39 is 0 Å². The number of fused-ring (bicyclic) bond motifs is 2. The van der Waals surface area contributed by atoms with Crippen LogP contribution in [0.4, 0.5) is 39.8 Å². The molecule has 0 unspecified atom stereocenters. The monoisotopic (exact) mass is 607 g/mol.